The number of nitrogens with two attached hydrogens (primary N) is 1. The van der Waals surface area contributed by atoms with Gasteiger partial charge in [0, 0.05) is 20.9 Å². The Labute approximate surface area is 137 Å². The molecule has 112 valence electrons. The van der Waals surface area contributed by atoms with Crippen molar-refractivity contribution in [1.82, 2.24) is 0 Å². The summed E-state index contributed by atoms with van der Waals surface area (Å²) < 4.78 is 28.2. The highest BCUT2D eigenvalue weighted by Gasteiger charge is 2.17. The first-order valence-electron chi connectivity index (χ1n) is 6.05. The van der Waals surface area contributed by atoms with Gasteiger partial charge in [-0.05, 0) is 55.3 Å². The van der Waals surface area contributed by atoms with Gasteiger partial charge >= 0.3 is 0 Å². The number of aryl methyl sites for hydroxylation is 1. The minimum absolute atomic E-state index is 0.0381. The Morgan fingerprint density at radius 2 is 1.86 bits per heavy atom. The van der Waals surface area contributed by atoms with E-state index < -0.39 is 10.0 Å². The van der Waals surface area contributed by atoms with Crippen LogP contribution in [0.1, 0.15) is 11.1 Å². The zero-order valence-electron chi connectivity index (χ0n) is 11.4. The molecule has 0 amide bonds. The molecule has 4 nitrogen and oxygen atoms in total. The smallest absolute Gasteiger partial charge is 0.262 e. The number of nitrogens with one attached hydrogen (secondary N) is 1. The fourth-order valence-electron chi connectivity index (χ4n) is 1.75. The van der Waals surface area contributed by atoms with E-state index in [0.717, 1.165) is 10.0 Å². The first-order chi connectivity index (χ1) is 9.70. The Kier molecular flexibility index (Phi) is 4.51. The number of benzene rings is 2. The van der Waals surface area contributed by atoms with Gasteiger partial charge in [0.05, 0.1) is 4.90 Å². The van der Waals surface area contributed by atoms with Gasteiger partial charge in [-0.3, -0.25) is 4.72 Å². The van der Waals surface area contributed by atoms with E-state index >= 15 is 0 Å². The minimum Gasteiger partial charge on any atom is -0.398 e. The number of halogens is 2. The van der Waals surface area contributed by atoms with Gasteiger partial charge in [-0.15, -0.1) is 0 Å². The molecule has 0 aliphatic heterocycles. The van der Waals surface area contributed by atoms with Crippen molar-refractivity contribution in [3.05, 3.63) is 51.0 Å². The monoisotopic (exact) mass is 388 g/mol. The van der Waals surface area contributed by atoms with Crippen LogP contribution < -0.4 is 10.5 Å². The SMILES string of the molecule is Cc1cc(NS(=O)(=O)c2cc(N)c(C)c(Cl)c2)ccc1Br. The molecular formula is C14H14BrClN2O2S. The predicted molar refractivity (Wildman–Crippen MR) is 90.3 cm³/mol. The fourth-order valence-corrected chi connectivity index (χ4v) is 3.40. The van der Waals surface area contributed by atoms with Crippen LogP contribution in [0.2, 0.25) is 5.02 Å². The van der Waals surface area contributed by atoms with Gasteiger partial charge in [0.15, 0.2) is 0 Å². The van der Waals surface area contributed by atoms with Crippen LogP contribution in [0.15, 0.2) is 39.7 Å². The molecule has 0 aromatic heterocycles. The Bertz CT molecular complexity index is 784. The summed E-state index contributed by atoms with van der Waals surface area (Å²) in [6, 6.07) is 7.98. The van der Waals surface area contributed by atoms with Gasteiger partial charge in [-0.2, -0.15) is 0 Å². The molecule has 7 heteroatoms. The molecule has 0 unspecified atom stereocenters. The van der Waals surface area contributed by atoms with Crippen molar-refractivity contribution in [1.29, 1.82) is 0 Å². The van der Waals surface area contributed by atoms with E-state index in [0.29, 0.717) is 22.0 Å². The third-order valence-corrected chi connectivity index (χ3v) is 5.72. The molecule has 0 radical (unpaired) electrons. The molecule has 0 heterocycles. The minimum atomic E-state index is -3.73. The van der Waals surface area contributed by atoms with Crippen LogP contribution >= 0.6 is 27.5 Å². The van der Waals surface area contributed by atoms with E-state index in [-0.39, 0.29) is 4.90 Å². The molecule has 2 aromatic carbocycles. The van der Waals surface area contributed by atoms with E-state index in [1.165, 1.54) is 12.1 Å². The molecule has 0 spiro atoms. The second-order valence-electron chi connectivity index (χ2n) is 4.69. The Hall–Kier alpha value is -1.24. The summed E-state index contributed by atoms with van der Waals surface area (Å²) in [5, 5.41) is 0.322. The quantitative estimate of drug-likeness (QED) is 0.776. The average Bonchev–Trinajstić information content (AvgIpc) is 2.39. The standard InChI is InChI=1S/C14H14BrClN2O2S/c1-8-5-10(3-4-12(8)15)18-21(19,20)11-6-13(16)9(2)14(17)7-11/h3-7,18H,17H2,1-2H3. The maximum absolute atomic E-state index is 12.4. The summed E-state index contributed by atoms with van der Waals surface area (Å²) in [6.07, 6.45) is 0. The Morgan fingerprint density at radius 3 is 2.43 bits per heavy atom. The molecule has 0 fully saturated rings. The molecule has 0 saturated heterocycles. The summed E-state index contributed by atoms with van der Waals surface area (Å²) in [6.45, 7) is 3.61. The highest BCUT2D eigenvalue weighted by molar-refractivity contribution is 9.10. The molecule has 3 N–H and O–H groups in total. The second-order valence-corrected chi connectivity index (χ2v) is 7.63. The number of rotatable bonds is 3. The van der Waals surface area contributed by atoms with Gasteiger partial charge in [0.2, 0.25) is 0 Å². The Morgan fingerprint density at radius 1 is 1.19 bits per heavy atom. The van der Waals surface area contributed by atoms with E-state index in [1.807, 2.05) is 6.92 Å². The average molecular weight is 390 g/mol. The fraction of sp³-hybridized carbons (Fsp3) is 0.143. The number of hydrogen-bond acceptors (Lipinski definition) is 3. The summed E-state index contributed by atoms with van der Waals surface area (Å²) in [5.74, 6) is 0. The molecular weight excluding hydrogens is 376 g/mol. The lowest BCUT2D eigenvalue weighted by Crippen LogP contribution is -2.13. The summed E-state index contributed by atoms with van der Waals surface area (Å²) in [7, 11) is -3.73. The maximum Gasteiger partial charge on any atom is 0.262 e. The number of anilines is 2. The van der Waals surface area contributed by atoms with Crippen LogP contribution in [0.25, 0.3) is 0 Å². The summed E-state index contributed by atoms with van der Waals surface area (Å²) in [5.41, 5.74) is 8.18. The van der Waals surface area contributed by atoms with Crippen molar-refractivity contribution in [2.24, 2.45) is 0 Å². The zero-order chi connectivity index (χ0) is 15.8. The molecule has 2 aromatic rings. The highest BCUT2D eigenvalue weighted by atomic mass is 79.9. The van der Waals surface area contributed by atoms with E-state index in [1.54, 1.807) is 25.1 Å². The normalized spacial score (nSPS) is 11.4. The third-order valence-electron chi connectivity index (χ3n) is 3.08. The van der Waals surface area contributed by atoms with Crippen molar-refractivity contribution in [3.8, 4) is 0 Å². The van der Waals surface area contributed by atoms with Crippen molar-refractivity contribution < 1.29 is 8.42 Å². The van der Waals surface area contributed by atoms with Gasteiger partial charge in [0.25, 0.3) is 10.0 Å². The van der Waals surface area contributed by atoms with Crippen LogP contribution in [0, 0.1) is 13.8 Å². The van der Waals surface area contributed by atoms with Crippen molar-refractivity contribution in [3.63, 3.8) is 0 Å². The summed E-state index contributed by atoms with van der Waals surface area (Å²) in [4.78, 5) is 0.0381. The molecule has 0 saturated carbocycles. The van der Waals surface area contributed by atoms with Crippen LogP contribution in [0.4, 0.5) is 11.4 Å². The van der Waals surface area contributed by atoms with Gasteiger partial charge in [-0.1, -0.05) is 27.5 Å². The van der Waals surface area contributed by atoms with Gasteiger partial charge in [0.1, 0.15) is 0 Å². The number of sulfonamides is 1. The molecule has 0 aliphatic rings. The lowest BCUT2D eigenvalue weighted by molar-refractivity contribution is 0.601. The second kappa shape index (κ2) is 5.87. The van der Waals surface area contributed by atoms with Gasteiger partial charge in [-0.25, -0.2) is 8.42 Å². The maximum atomic E-state index is 12.4. The number of hydrogen-bond donors (Lipinski definition) is 2. The molecule has 0 aliphatic carbocycles. The van der Waals surface area contributed by atoms with Crippen LogP contribution in [0.3, 0.4) is 0 Å². The van der Waals surface area contributed by atoms with E-state index in [2.05, 4.69) is 20.7 Å². The lowest BCUT2D eigenvalue weighted by Gasteiger charge is -2.11. The topological polar surface area (TPSA) is 72.2 Å². The van der Waals surface area contributed by atoms with Crippen molar-refractivity contribution in [2.45, 2.75) is 18.7 Å². The molecule has 0 atom stereocenters. The third kappa shape index (κ3) is 3.51. The molecule has 2 rings (SSSR count). The van der Waals surface area contributed by atoms with E-state index in [4.69, 9.17) is 17.3 Å². The lowest BCUT2D eigenvalue weighted by atomic mass is 10.2. The first kappa shape index (κ1) is 16.1. The summed E-state index contributed by atoms with van der Waals surface area (Å²) >= 11 is 9.37. The van der Waals surface area contributed by atoms with Crippen molar-refractivity contribution >= 4 is 48.9 Å². The number of nitrogen functional groups attached to an aromatic ring is 1. The first-order valence-corrected chi connectivity index (χ1v) is 8.71. The highest BCUT2D eigenvalue weighted by Crippen LogP contribution is 2.28. The van der Waals surface area contributed by atoms with Crippen LogP contribution in [-0.4, -0.2) is 8.42 Å². The largest absolute Gasteiger partial charge is 0.398 e. The Balaban J connectivity index is 2.40. The van der Waals surface area contributed by atoms with Crippen molar-refractivity contribution in [2.75, 3.05) is 10.5 Å². The molecule has 21 heavy (non-hydrogen) atoms. The molecule has 0 bridgehead atoms. The van der Waals surface area contributed by atoms with Crippen LogP contribution in [-0.2, 0) is 10.0 Å². The van der Waals surface area contributed by atoms with Crippen LogP contribution in [0.5, 0.6) is 0 Å². The van der Waals surface area contributed by atoms with Gasteiger partial charge < -0.3 is 5.73 Å². The zero-order valence-corrected chi connectivity index (χ0v) is 14.6. The van der Waals surface area contributed by atoms with E-state index in [9.17, 15) is 8.42 Å². The predicted octanol–water partition coefficient (Wildman–Crippen LogP) is 4.10.